The van der Waals surface area contributed by atoms with Crippen molar-refractivity contribution in [2.75, 3.05) is 26.2 Å². The van der Waals surface area contributed by atoms with Crippen molar-refractivity contribution < 1.29 is 14.3 Å². The first-order valence-electron chi connectivity index (χ1n) is 7.28. The Morgan fingerprint density at radius 1 is 1.35 bits per heavy atom. The van der Waals surface area contributed by atoms with Crippen molar-refractivity contribution in [2.45, 2.75) is 52.2 Å². The zero-order valence-electron chi connectivity index (χ0n) is 13.0. The topological polar surface area (TPSA) is 70.7 Å². The van der Waals surface area contributed by atoms with Gasteiger partial charge < -0.3 is 15.4 Å². The smallest absolute Gasteiger partial charge is 0.407 e. The third kappa shape index (κ3) is 6.75. The third-order valence-corrected chi connectivity index (χ3v) is 2.97. The van der Waals surface area contributed by atoms with E-state index in [0.717, 1.165) is 19.4 Å². The number of amides is 2. The predicted octanol–water partition coefficient (Wildman–Crippen LogP) is 1.11. The molecule has 0 aliphatic carbocycles. The fourth-order valence-electron chi connectivity index (χ4n) is 2.25. The summed E-state index contributed by atoms with van der Waals surface area (Å²) in [5.74, 6) is 0.0328. The lowest BCUT2D eigenvalue weighted by Crippen LogP contribution is -2.51. The largest absolute Gasteiger partial charge is 0.444 e. The lowest BCUT2D eigenvalue weighted by Gasteiger charge is -2.33. The van der Waals surface area contributed by atoms with Crippen molar-refractivity contribution in [1.82, 2.24) is 15.5 Å². The molecule has 0 bridgehead atoms. The predicted molar refractivity (Wildman–Crippen MR) is 77.5 cm³/mol. The van der Waals surface area contributed by atoms with Crippen molar-refractivity contribution in [3.05, 3.63) is 0 Å². The number of alkyl carbamates (subject to hydrolysis) is 1. The molecule has 0 spiro atoms. The summed E-state index contributed by atoms with van der Waals surface area (Å²) >= 11 is 0. The van der Waals surface area contributed by atoms with Crippen LogP contribution in [0, 0.1) is 0 Å². The maximum Gasteiger partial charge on any atom is 0.407 e. The van der Waals surface area contributed by atoms with E-state index in [4.69, 9.17) is 4.74 Å². The molecule has 116 valence electrons. The van der Waals surface area contributed by atoms with Crippen molar-refractivity contribution >= 4 is 12.0 Å². The van der Waals surface area contributed by atoms with E-state index < -0.39 is 5.60 Å². The molecule has 0 saturated carbocycles. The van der Waals surface area contributed by atoms with Gasteiger partial charge in [0.05, 0.1) is 6.54 Å². The lowest BCUT2D eigenvalue weighted by molar-refractivity contribution is -0.122. The van der Waals surface area contributed by atoms with E-state index in [2.05, 4.69) is 15.5 Å². The molecule has 1 rings (SSSR count). The molecule has 1 aliphatic heterocycles. The summed E-state index contributed by atoms with van der Waals surface area (Å²) in [7, 11) is 0. The van der Waals surface area contributed by atoms with Crippen molar-refractivity contribution in [2.24, 2.45) is 0 Å². The number of carbonyl (C=O) groups excluding carboxylic acids is 2. The Bertz CT molecular complexity index is 339. The van der Waals surface area contributed by atoms with Gasteiger partial charge >= 0.3 is 6.09 Å². The number of nitrogens with one attached hydrogen (secondary N) is 2. The Kier molecular flexibility index (Phi) is 6.26. The fraction of sp³-hybridized carbons (Fsp3) is 0.857. The van der Waals surface area contributed by atoms with Gasteiger partial charge in [-0.15, -0.1) is 0 Å². The fourth-order valence-corrected chi connectivity index (χ4v) is 2.25. The van der Waals surface area contributed by atoms with Crippen LogP contribution in [0.3, 0.4) is 0 Å². The van der Waals surface area contributed by atoms with Crippen molar-refractivity contribution in [3.8, 4) is 0 Å². The summed E-state index contributed by atoms with van der Waals surface area (Å²) in [6.45, 7) is 10.0. The molecule has 0 aromatic carbocycles. The summed E-state index contributed by atoms with van der Waals surface area (Å²) in [4.78, 5) is 25.4. The molecule has 0 radical (unpaired) electrons. The zero-order chi connectivity index (χ0) is 15.2. The van der Waals surface area contributed by atoms with Gasteiger partial charge in [-0.3, -0.25) is 9.69 Å². The maximum atomic E-state index is 11.7. The summed E-state index contributed by atoms with van der Waals surface area (Å²) in [6.07, 6.45) is 1.51. The van der Waals surface area contributed by atoms with Crippen molar-refractivity contribution in [3.63, 3.8) is 0 Å². The second-order valence-corrected chi connectivity index (χ2v) is 6.17. The number of ether oxygens (including phenoxy) is 1. The maximum absolute atomic E-state index is 11.7. The van der Waals surface area contributed by atoms with Crippen LogP contribution in [0.15, 0.2) is 0 Å². The number of likely N-dealkylation sites (N-methyl/N-ethyl adjacent to an activating group) is 1. The molecule has 0 aromatic rings. The van der Waals surface area contributed by atoms with Crippen LogP contribution >= 0.6 is 0 Å². The molecule has 0 unspecified atom stereocenters. The van der Waals surface area contributed by atoms with Crippen LogP contribution in [0.4, 0.5) is 4.79 Å². The average Bonchev–Trinajstić information content (AvgIpc) is 2.26. The minimum Gasteiger partial charge on any atom is -0.444 e. The zero-order valence-corrected chi connectivity index (χ0v) is 13.0. The highest BCUT2D eigenvalue weighted by atomic mass is 16.6. The second kappa shape index (κ2) is 7.47. The van der Waals surface area contributed by atoms with Crippen LogP contribution in [0.5, 0.6) is 0 Å². The highest BCUT2D eigenvalue weighted by Gasteiger charge is 2.24. The van der Waals surface area contributed by atoms with E-state index in [1.54, 1.807) is 0 Å². The monoisotopic (exact) mass is 285 g/mol. The van der Waals surface area contributed by atoms with E-state index in [9.17, 15) is 9.59 Å². The molecule has 6 heteroatoms. The van der Waals surface area contributed by atoms with E-state index in [0.29, 0.717) is 19.6 Å². The Morgan fingerprint density at radius 2 is 2.05 bits per heavy atom. The first-order valence-corrected chi connectivity index (χ1v) is 7.28. The highest BCUT2D eigenvalue weighted by molar-refractivity contribution is 5.78. The van der Waals surface area contributed by atoms with Gasteiger partial charge in [0.25, 0.3) is 0 Å². The molecule has 1 fully saturated rings. The molecule has 2 N–H and O–H groups in total. The van der Waals surface area contributed by atoms with Gasteiger partial charge in [-0.1, -0.05) is 0 Å². The SMILES string of the molecule is CCNC(=O)CN1CCC[C@H](NC(=O)OC(C)(C)C)C1. The quantitative estimate of drug-likeness (QED) is 0.812. The number of piperidine rings is 1. The average molecular weight is 285 g/mol. The van der Waals surface area contributed by atoms with Crippen molar-refractivity contribution in [1.29, 1.82) is 0 Å². The third-order valence-electron chi connectivity index (χ3n) is 2.97. The van der Waals surface area contributed by atoms with Gasteiger partial charge in [0.2, 0.25) is 5.91 Å². The molecule has 6 nitrogen and oxygen atoms in total. The molecule has 1 heterocycles. The summed E-state index contributed by atoms with van der Waals surface area (Å²) < 4.78 is 5.25. The summed E-state index contributed by atoms with van der Waals surface area (Å²) in [5, 5.41) is 5.66. The second-order valence-electron chi connectivity index (χ2n) is 6.17. The van der Waals surface area contributed by atoms with Gasteiger partial charge in [-0.25, -0.2) is 4.79 Å². The first-order chi connectivity index (χ1) is 9.30. The molecule has 1 aliphatic rings. The Morgan fingerprint density at radius 3 is 2.65 bits per heavy atom. The van der Waals surface area contributed by atoms with Gasteiger partial charge in [0.1, 0.15) is 5.60 Å². The minimum atomic E-state index is -0.487. The van der Waals surface area contributed by atoms with Gasteiger partial charge in [0, 0.05) is 19.1 Å². The number of carbonyl (C=O) groups is 2. The number of rotatable bonds is 4. The summed E-state index contributed by atoms with van der Waals surface area (Å²) in [5.41, 5.74) is -0.487. The number of hydrogen-bond acceptors (Lipinski definition) is 4. The van der Waals surface area contributed by atoms with Crippen LogP contribution in [-0.2, 0) is 9.53 Å². The van der Waals surface area contributed by atoms with Gasteiger partial charge in [0.15, 0.2) is 0 Å². The molecular weight excluding hydrogens is 258 g/mol. The summed E-state index contributed by atoms with van der Waals surface area (Å²) in [6, 6.07) is 0.0491. The Labute approximate surface area is 121 Å². The molecule has 20 heavy (non-hydrogen) atoms. The highest BCUT2D eigenvalue weighted by Crippen LogP contribution is 2.12. The number of likely N-dealkylation sites (tertiary alicyclic amines) is 1. The van der Waals surface area contributed by atoms with Gasteiger partial charge in [-0.2, -0.15) is 0 Å². The van der Waals surface area contributed by atoms with Crippen LogP contribution in [-0.4, -0.2) is 54.7 Å². The normalized spacial score (nSPS) is 20.3. The first kappa shape index (κ1) is 16.8. The van der Waals surface area contributed by atoms with E-state index >= 15 is 0 Å². The molecule has 1 saturated heterocycles. The molecular formula is C14H27N3O3. The van der Waals surface area contributed by atoms with E-state index in [-0.39, 0.29) is 18.0 Å². The van der Waals surface area contributed by atoms with E-state index in [1.165, 1.54) is 0 Å². The number of hydrogen-bond donors (Lipinski definition) is 2. The van der Waals surface area contributed by atoms with Gasteiger partial charge in [-0.05, 0) is 47.1 Å². The van der Waals surface area contributed by atoms with Crippen LogP contribution < -0.4 is 10.6 Å². The van der Waals surface area contributed by atoms with E-state index in [1.807, 2.05) is 27.7 Å². The lowest BCUT2D eigenvalue weighted by atomic mass is 10.1. The van der Waals surface area contributed by atoms with Crippen LogP contribution in [0.25, 0.3) is 0 Å². The Hall–Kier alpha value is -1.30. The van der Waals surface area contributed by atoms with Crippen LogP contribution in [0.1, 0.15) is 40.5 Å². The standard InChI is InChI=1S/C14H27N3O3/c1-5-15-12(18)10-17-8-6-7-11(9-17)16-13(19)20-14(2,3)4/h11H,5-10H2,1-4H3,(H,15,18)(H,16,19)/t11-/m0/s1. The van der Waals surface area contributed by atoms with Crippen LogP contribution in [0.2, 0.25) is 0 Å². The Balaban J connectivity index is 2.37. The molecule has 0 aromatic heterocycles. The number of nitrogens with zero attached hydrogens (tertiary/aromatic N) is 1. The molecule has 2 amide bonds. The minimum absolute atomic E-state index is 0.0328. The molecule has 1 atom stereocenters.